The number of hydrogen-bond acceptors (Lipinski definition) is 6. The Morgan fingerprint density at radius 2 is 2.17 bits per heavy atom. The molecule has 12 heavy (non-hydrogen) atoms. The summed E-state index contributed by atoms with van der Waals surface area (Å²) < 4.78 is 4.87. The van der Waals surface area contributed by atoms with Gasteiger partial charge in [0.15, 0.2) is 5.82 Å². The first kappa shape index (κ1) is 8.54. The number of ether oxygens (including phenoxy) is 1. The summed E-state index contributed by atoms with van der Waals surface area (Å²) in [6.45, 7) is 0. The number of methoxy groups -OCH3 is 1. The molecule has 1 aromatic rings. The van der Waals surface area contributed by atoms with Gasteiger partial charge in [0, 0.05) is 13.1 Å². The van der Waals surface area contributed by atoms with Gasteiger partial charge in [-0.25, -0.2) is 5.84 Å². The van der Waals surface area contributed by atoms with Gasteiger partial charge in [-0.05, 0) is 0 Å². The zero-order valence-electron chi connectivity index (χ0n) is 6.98. The highest BCUT2D eigenvalue weighted by molar-refractivity contribution is 5.43. The molecule has 0 fully saturated rings. The number of nitrogen functional groups attached to an aromatic ring is 1. The fourth-order valence-corrected chi connectivity index (χ4v) is 0.716. The molecule has 0 radical (unpaired) electrons. The fraction of sp³-hybridized carbons (Fsp3) is 0.333. The SMILES string of the molecule is COc1cc(N(C)N)nc(N)n1. The number of hydrazine groups is 1. The molecule has 0 saturated carbocycles. The maximum absolute atomic E-state index is 5.44. The van der Waals surface area contributed by atoms with E-state index in [2.05, 4.69) is 9.97 Å². The predicted molar refractivity (Wildman–Crippen MR) is 45.6 cm³/mol. The van der Waals surface area contributed by atoms with Gasteiger partial charge in [0.1, 0.15) is 0 Å². The average Bonchev–Trinajstić information content (AvgIpc) is 2.03. The van der Waals surface area contributed by atoms with Crippen molar-refractivity contribution in [2.24, 2.45) is 5.84 Å². The van der Waals surface area contributed by atoms with Crippen molar-refractivity contribution in [1.82, 2.24) is 9.97 Å². The smallest absolute Gasteiger partial charge is 0.225 e. The number of nitrogens with two attached hydrogens (primary N) is 2. The van der Waals surface area contributed by atoms with Gasteiger partial charge in [-0.1, -0.05) is 0 Å². The van der Waals surface area contributed by atoms with E-state index in [0.29, 0.717) is 11.7 Å². The second-order valence-corrected chi connectivity index (χ2v) is 2.24. The van der Waals surface area contributed by atoms with Crippen LogP contribution in [0.5, 0.6) is 5.88 Å². The maximum atomic E-state index is 5.44. The lowest BCUT2D eigenvalue weighted by atomic mass is 10.5. The lowest BCUT2D eigenvalue weighted by molar-refractivity contribution is 0.397. The van der Waals surface area contributed by atoms with Crippen LogP contribution in [0, 0.1) is 0 Å². The molecule has 1 rings (SSSR count). The van der Waals surface area contributed by atoms with Crippen LogP contribution in [0.1, 0.15) is 0 Å². The van der Waals surface area contributed by atoms with Crippen molar-refractivity contribution in [2.75, 3.05) is 24.9 Å². The molecule has 0 unspecified atom stereocenters. The van der Waals surface area contributed by atoms with Crippen LogP contribution in [0.3, 0.4) is 0 Å². The van der Waals surface area contributed by atoms with E-state index in [-0.39, 0.29) is 5.95 Å². The Morgan fingerprint density at radius 1 is 1.50 bits per heavy atom. The molecule has 0 spiro atoms. The minimum atomic E-state index is 0.140. The summed E-state index contributed by atoms with van der Waals surface area (Å²) in [6, 6.07) is 1.59. The summed E-state index contributed by atoms with van der Waals surface area (Å²) in [5, 5.41) is 1.33. The van der Waals surface area contributed by atoms with E-state index in [4.69, 9.17) is 16.3 Å². The molecule has 0 aliphatic heterocycles. The van der Waals surface area contributed by atoms with Crippen LogP contribution < -0.4 is 21.3 Å². The van der Waals surface area contributed by atoms with E-state index in [1.54, 1.807) is 13.1 Å². The van der Waals surface area contributed by atoms with Crippen LogP contribution in [0.2, 0.25) is 0 Å². The Kier molecular flexibility index (Phi) is 2.29. The predicted octanol–water partition coefficient (Wildman–Crippen LogP) is -0.623. The summed E-state index contributed by atoms with van der Waals surface area (Å²) >= 11 is 0. The minimum Gasteiger partial charge on any atom is -0.481 e. The van der Waals surface area contributed by atoms with Gasteiger partial charge in [0.05, 0.1) is 7.11 Å². The van der Waals surface area contributed by atoms with Gasteiger partial charge in [-0.15, -0.1) is 0 Å². The first-order valence-corrected chi connectivity index (χ1v) is 3.30. The molecular formula is C6H11N5O. The summed E-state index contributed by atoms with van der Waals surface area (Å²) in [6.07, 6.45) is 0. The van der Waals surface area contributed by atoms with Crippen LogP contribution in [-0.4, -0.2) is 24.1 Å². The first-order valence-electron chi connectivity index (χ1n) is 3.30. The molecular weight excluding hydrogens is 158 g/mol. The third-order valence-electron chi connectivity index (χ3n) is 1.28. The van der Waals surface area contributed by atoms with Gasteiger partial charge in [-0.3, -0.25) is 5.01 Å². The van der Waals surface area contributed by atoms with Gasteiger partial charge in [0.2, 0.25) is 11.8 Å². The van der Waals surface area contributed by atoms with E-state index in [9.17, 15) is 0 Å². The Hall–Kier alpha value is -1.56. The molecule has 0 bridgehead atoms. The molecule has 0 aliphatic carbocycles. The van der Waals surface area contributed by atoms with Crippen LogP contribution in [0.4, 0.5) is 11.8 Å². The molecule has 0 aromatic carbocycles. The molecule has 0 atom stereocenters. The number of aromatic nitrogens is 2. The molecule has 6 heteroatoms. The lowest BCUT2D eigenvalue weighted by Gasteiger charge is -2.11. The van der Waals surface area contributed by atoms with E-state index < -0.39 is 0 Å². The lowest BCUT2D eigenvalue weighted by Crippen LogP contribution is -2.26. The van der Waals surface area contributed by atoms with Crippen molar-refractivity contribution in [2.45, 2.75) is 0 Å². The zero-order valence-corrected chi connectivity index (χ0v) is 6.98. The number of hydrogen-bond donors (Lipinski definition) is 2. The number of nitrogens with zero attached hydrogens (tertiary/aromatic N) is 3. The second kappa shape index (κ2) is 3.22. The Morgan fingerprint density at radius 3 is 2.67 bits per heavy atom. The normalized spacial score (nSPS) is 9.58. The van der Waals surface area contributed by atoms with Gasteiger partial charge in [0.25, 0.3) is 0 Å². The van der Waals surface area contributed by atoms with E-state index in [0.717, 1.165) is 0 Å². The Labute approximate surface area is 70.1 Å². The third kappa shape index (κ3) is 1.73. The summed E-state index contributed by atoms with van der Waals surface area (Å²) in [7, 11) is 3.16. The highest BCUT2D eigenvalue weighted by Crippen LogP contribution is 2.14. The maximum Gasteiger partial charge on any atom is 0.225 e. The van der Waals surface area contributed by atoms with Gasteiger partial charge in [-0.2, -0.15) is 9.97 Å². The molecule has 1 heterocycles. The second-order valence-electron chi connectivity index (χ2n) is 2.24. The van der Waals surface area contributed by atoms with Gasteiger partial charge >= 0.3 is 0 Å². The molecule has 0 aliphatic rings. The van der Waals surface area contributed by atoms with E-state index in [1.807, 2.05) is 0 Å². The third-order valence-corrected chi connectivity index (χ3v) is 1.28. The molecule has 66 valence electrons. The summed E-state index contributed by atoms with van der Waals surface area (Å²) in [5.74, 6) is 6.49. The van der Waals surface area contributed by atoms with Crippen LogP contribution in [-0.2, 0) is 0 Å². The van der Waals surface area contributed by atoms with Crippen LogP contribution >= 0.6 is 0 Å². The quantitative estimate of drug-likeness (QED) is 0.453. The van der Waals surface area contributed by atoms with Crippen molar-refractivity contribution in [3.8, 4) is 5.88 Å². The Bertz CT molecular complexity index is 275. The first-order chi connectivity index (χ1) is 5.63. The average molecular weight is 169 g/mol. The standard InChI is InChI=1S/C6H11N5O/c1-11(8)4-3-5(12-2)10-6(7)9-4/h3H,8H2,1-2H3,(H2,7,9,10). The topological polar surface area (TPSA) is 90.3 Å². The van der Waals surface area contributed by atoms with Crippen molar-refractivity contribution < 1.29 is 4.74 Å². The zero-order chi connectivity index (χ0) is 9.14. The van der Waals surface area contributed by atoms with Crippen molar-refractivity contribution in [3.63, 3.8) is 0 Å². The monoisotopic (exact) mass is 169 g/mol. The van der Waals surface area contributed by atoms with E-state index >= 15 is 0 Å². The fourth-order valence-electron chi connectivity index (χ4n) is 0.716. The number of rotatable bonds is 2. The van der Waals surface area contributed by atoms with Crippen molar-refractivity contribution in [1.29, 1.82) is 0 Å². The molecule has 0 saturated heterocycles. The minimum absolute atomic E-state index is 0.140. The van der Waals surface area contributed by atoms with Crippen molar-refractivity contribution in [3.05, 3.63) is 6.07 Å². The summed E-state index contributed by atoms with van der Waals surface area (Å²) in [4.78, 5) is 7.67. The van der Waals surface area contributed by atoms with Crippen LogP contribution in [0.25, 0.3) is 0 Å². The van der Waals surface area contributed by atoms with Gasteiger partial charge < -0.3 is 10.5 Å². The van der Waals surface area contributed by atoms with E-state index in [1.165, 1.54) is 12.1 Å². The largest absolute Gasteiger partial charge is 0.481 e. The number of anilines is 2. The molecule has 4 N–H and O–H groups in total. The molecule has 6 nitrogen and oxygen atoms in total. The molecule has 1 aromatic heterocycles. The molecule has 0 amide bonds. The van der Waals surface area contributed by atoms with Crippen LogP contribution in [0.15, 0.2) is 6.07 Å². The Balaban J connectivity index is 3.06. The summed E-state index contributed by atoms with van der Waals surface area (Å²) in [5.41, 5.74) is 5.39. The highest BCUT2D eigenvalue weighted by atomic mass is 16.5. The highest BCUT2D eigenvalue weighted by Gasteiger charge is 2.03. The van der Waals surface area contributed by atoms with Crippen molar-refractivity contribution >= 4 is 11.8 Å².